The van der Waals surface area contributed by atoms with Gasteiger partial charge in [0.2, 0.25) is 0 Å². The molecule has 1 aromatic carbocycles. The van der Waals surface area contributed by atoms with Crippen LogP contribution in [0.15, 0.2) is 30.3 Å². The maximum atomic E-state index is 11.4. The van der Waals surface area contributed by atoms with E-state index in [9.17, 15) is 9.59 Å². The Morgan fingerprint density at radius 2 is 2.04 bits per heavy atom. The molecule has 8 nitrogen and oxygen atoms in total. The summed E-state index contributed by atoms with van der Waals surface area (Å²) in [6.45, 7) is 0.223. The predicted octanol–water partition coefficient (Wildman–Crippen LogP) is 1.50. The summed E-state index contributed by atoms with van der Waals surface area (Å²) in [6.07, 6.45) is 0.0356. The van der Waals surface area contributed by atoms with Crippen molar-refractivity contribution in [2.45, 2.75) is 25.7 Å². The minimum Gasteiger partial charge on any atom is -0.464 e. The Morgan fingerprint density at radius 1 is 1.22 bits per heavy atom. The van der Waals surface area contributed by atoms with E-state index < -0.39 is 18.4 Å². The fourth-order valence-corrected chi connectivity index (χ4v) is 1.77. The zero-order valence-electron chi connectivity index (χ0n) is 12.6. The average Bonchev–Trinajstić information content (AvgIpc) is 3.09. The highest BCUT2D eigenvalue weighted by Crippen LogP contribution is 2.10. The van der Waals surface area contributed by atoms with E-state index in [2.05, 4.69) is 10.2 Å². The maximum absolute atomic E-state index is 11.4. The molecule has 1 saturated heterocycles. The van der Waals surface area contributed by atoms with Crippen molar-refractivity contribution in [3.8, 4) is 0 Å². The first kappa shape index (κ1) is 17.2. The van der Waals surface area contributed by atoms with Gasteiger partial charge in [0.15, 0.2) is 13.1 Å². The van der Waals surface area contributed by atoms with Crippen molar-refractivity contribution in [2.75, 3.05) is 19.9 Å². The Morgan fingerprint density at radius 3 is 2.78 bits per heavy atom. The van der Waals surface area contributed by atoms with Gasteiger partial charge >= 0.3 is 12.1 Å². The number of alkyl carbamates (subject to hydrolysis) is 1. The van der Waals surface area contributed by atoms with Crippen LogP contribution in [0.5, 0.6) is 0 Å². The molecule has 0 saturated carbocycles. The van der Waals surface area contributed by atoms with Crippen LogP contribution in [-0.4, -0.2) is 38.3 Å². The van der Waals surface area contributed by atoms with Gasteiger partial charge in [-0.1, -0.05) is 30.3 Å². The molecule has 1 amide bonds. The fraction of sp³-hybridized carbons (Fsp3) is 0.467. The highest BCUT2D eigenvalue weighted by atomic mass is 17.3. The lowest BCUT2D eigenvalue weighted by molar-refractivity contribution is -0.278. The average molecular weight is 325 g/mol. The second-order valence-electron chi connectivity index (χ2n) is 4.71. The normalized spacial score (nSPS) is 16.8. The van der Waals surface area contributed by atoms with Gasteiger partial charge in [-0.25, -0.2) is 14.6 Å². The van der Waals surface area contributed by atoms with Gasteiger partial charge in [0.05, 0.1) is 6.61 Å². The van der Waals surface area contributed by atoms with Crippen LogP contribution in [-0.2, 0) is 35.4 Å². The van der Waals surface area contributed by atoms with Crippen LogP contribution >= 0.6 is 0 Å². The maximum Gasteiger partial charge on any atom is 0.407 e. The number of esters is 1. The number of amides is 1. The first-order valence-electron chi connectivity index (χ1n) is 7.24. The molecule has 0 spiro atoms. The number of nitrogens with one attached hydrogen (secondary N) is 1. The van der Waals surface area contributed by atoms with Gasteiger partial charge in [0.1, 0.15) is 13.2 Å². The Labute approximate surface area is 133 Å². The van der Waals surface area contributed by atoms with E-state index in [1.54, 1.807) is 0 Å². The smallest absolute Gasteiger partial charge is 0.407 e. The lowest BCUT2D eigenvalue weighted by Gasteiger charge is -2.08. The van der Waals surface area contributed by atoms with Crippen molar-refractivity contribution in [1.82, 2.24) is 5.32 Å². The zero-order valence-corrected chi connectivity index (χ0v) is 12.6. The molecule has 0 radical (unpaired) electrons. The van der Waals surface area contributed by atoms with Gasteiger partial charge < -0.3 is 19.5 Å². The largest absolute Gasteiger partial charge is 0.464 e. The Kier molecular flexibility index (Phi) is 7.31. The predicted molar refractivity (Wildman–Crippen MR) is 76.7 cm³/mol. The molecular weight excluding hydrogens is 306 g/mol. The SMILES string of the molecule is O=C(CNC(=O)OCc1ccccc1)OCCCC1OCOO1. The van der Waals surface area contributed by atoms with E-state index >= 15 is 0 Å². The molecule has 1 N–H and O–H groups in total. The Bertz CT molecular complexity index is 488. The van der Waals surface area contributed by atoms with Gasteiger partial charge in [0.25, 0.3) is 0 Å². The van der Waals surface area contributed by atoms with Crippen LogP contribution in [0.1, 0.15) is 18.4 Å². The number of hydrogen-bond acceptors (Lipinski definition) is 7. The van der Waals surface area contributed by atoms with Crippen LogP contribution in [0, 0.1) is 0 Å². The van der Waals surface area contributed by atoms with Crippen molar-refractivity contribution in [1.29, 1.82) is 0 Å². The molecule has 126 valence electrons. The first-order valence-corrected chi connectivity index (χ1v) is 7.24. The van der Waals surface area contributed by atoms with Crippen molar-refractivity contribution >= 4 is 12.1 Å². The van der Waals surface area contributed by atoms with Crippen LogP contribution in [0.2, 0.25) is 0 Å². The molecule has 1 fully saturated rings. The number of carbonyl (C=O) groups excluding carboxylic acids is 2. The molecule has 1 aromatic rings. The van der Waals surface area contributed by atoms with Crippen LogP contribution in [0.4, 0.5) is 4.79 Å². The number of hydrogen-bond donors (Lipinski definition) is 1. The summed E-state index contributed by atoms with van der Waals surface area (Å²) in [5.74, 6) is -0.536. The molecule has 0 bridgehead atoms. The molecule has 1 heterocycles. The fourth-order valence-electron chi connectivity index (χ4n) is 1.77. The third kappa shape index (κ3) is 7.09. The summed E-state index contributed by atoms with van der Waals surface area (Å²) in [5.41, 5.74) is 0.866. The summed E-state index contributed by atoms with van der Waals surface area (Å²) in [6, 6.07) is 9.25. The Balaban J connectivity index is 1.49. The molecule has 1 aliphatic heterocycles. The number of ether oxygens (including phenoxy) is 3. The van der Waals surface area contributed by atoms with E-state index in [1.165, 1.54) is 0 Å². The van der Waals surface area contributed by atoms with Gasteiger partial charge in [-0.05, 0) is 12.0 Å². The third-order valence-corrected chi connectivity index (χ3v) is 2.91. The van der Waals surface area contributed by atoms with Crippen LogP contribution in [0.3, 0.4) is 0 Å². The summed E-state index contributed by atoms with van der Waals surface area (Å²) in [7, 11) is 0. The van der Waals surface area contributed by atoms with E-state index in [0.29, 0.717) is 12.8 Å². The molecule has 0 aromatic heterocycles. The van der Waals surface area contributed by atoms with Crippen molar-refractivity contribution in [3.05, 3.63) is 35.9 Å². The van der Waals surface area contributed by atoms with Gasteiger partial charge in [-0.3, -0.25) is 4.79 Å². The summed E-state index contributed by atoms with van der Waals surface area (Å²) in [4.78, 5) is 32.2. The molecule has 8 heteroatoms. The van der Waals surface area contributed by atoms with Crippen molar-refractivity contribution < 1.29 is 33.6 Å². The van der Waals surface area contributed by atoms with Crippen LogP contribution in [0.25, 0.3) is 0 Å². The minimum absolute atomic E-state index is 0.111. The van der Waals surface area contributed by atoms with E-state index in [4.69, 9.17) is 19.1 Å². The minimum atomic E-state index is -0.671. The lowest BCUT2D eigenvalue weighted by atomic mass is 10.2. The molecule has 1 atom stereocenters. The highest BCUT2D eigenvalue weighted by Gasteiger charge is 2.17. The first-order chi connectivity index (χ1) is 11.2. The molecular formula is C15H19NO7. The summed E-state index contributed by atoms with van der Waals surface area (Å²) < 4.78 is 15.0. The zero-order chi connectivity index (χ0) is 16.3. The van der Waals surface area contributed by atoms with Gasteiger partial charge in [-0.2, -0.15) is 0 Å². The van der Waals surface area contributed by atoms with Gasteiger partial charge in [0, 0.05) is 6.42 Å². The standard InChI is InChI=1S/C15H19NO7/c17-13(19-8-4-7-14-21-11-22-23-14)9-16-15(18)20-10-12-5-2-1-3-6-12/h1-3,5-6,14H,4,7-11H2,(H,16,18). The lowest BCUT2D eigenvalue weighted by Crippen LogP contribution is -2.31. The molecule has 1 aliphatic rings. The summed E-state index contributed by atoms with van der Waals surface area (Å²) >= 11 is 0. The van der Waals surface area contributed by atoms with Crippen molar-refractivity contribution in [2.24, 2.45) is 0 Å². The molecule has 23 heavy (non-hydrogen) atoms. The number of benzene rings is 1. The van der Waals surface area contributed by atoms with Crippen LogP contribution < -0.4 is 5.32 Å². The van der Waals surface area contributed by atoms with E-state index in [1.807, 2.05) is 30.3 Å². The second kappa shape index (κ2) is 9.78. The third-order valence-electron chi connectivity index (χ3n) is 2.91. The van der Waals surface area contributed by atoms with E-state index in [-0.39, 0.29) is 26.6 Å². The van der Waals surface area contributed by atoms with Crippen molar-refractivity contribution in [3.63, 3.8) is 0 Å². The number of rotatable bonds is 8. The monoisotopic (exact) mass is 325 g/mol. The van der Waals surface area contributed by atoms with E-state index in [0.717, 1.165) is 5.56 Å². The van der Waals surface area contributed by atoms with Gasteiger partial charge in [-0.15, -0.1) is 0 Å². The molecule has 0 aliphatic carbocycles. The molecule has 2 rings (SSSR count). The number of carbonyl (C=O) groups is 2. The topological polar surface area (TPSA) is 92.3 Å². The second-order valence-corrected chi connectivity index (χ2v) is 4.71. The summed E-state index contributed by atoms with van der Waals surface area (Å²) in [5, 5.41) is 2.33. The Hall–Kier alpha value is -2.16. The quantitative estimate of drug-likeness (QED) is 0.440. The highest BCUT2D eigenvalue weighted by molar-refractivity contribution is 5.77. The molecule has 1 unspecified atom stereocenters.